The number of hydrogen-bond donors (Lipinski definition) is 2. The predicted molar refractivity (Wildman–Crippen MR) is 68.4 cm³/mol. The summed E-state index contributed by atoms with van der Waals surface area (Å²) in [5, 5.41) is 10.2. The fourth-order valence-electron chi connectivity index (χ4n) is 2.41. The third kappa shape index (κ3) is 2.05. The van der Waals surface area contributed by atoms with Gasteiger partial charge in [0.25, 0.3) is 5.56 Å². The SMILES string of the molecule is CC(C)c1c(O)n(C2CCN(C)C2=O)c(=O)[nH]c1=O. The van der Waals surface area contributed by atoms with Crippen LogP contribution in [0.15, 0.2) is 9.59 Å². The van der Waals surface area contributed by atoms with E-state index in [1.807, 2.05) is 0 Å². The average Bonchev–Trinajstić information content (AvgIpc) is 2.60. The Kier molecular flexibility index (Phi) is 3.21. The molecule has 1 amide bonds. The monoisotopic (exact) mass is 267 g/mol. The standard InChI is InChI=1S/C12H17N3O4/c1-6(2)8-9(16)13-12(19)15(11(8)18)7-4-5-14(3)10(7)17/h6-7,18H,4-5H2,1-3H3,(H,13,16,19). The van der Waals surface area contributed by atoms with Gasteiger partial charge in [0.2, 0.25) is 11.8 Å². The molecule has 2 N–H and O–H groups in total. The van der Waals surface area contributed by atoms with E-state index in [9.17, 15) is 19.5 Å². The Balaban J connectivity index is 2.65. The first-order valence-corrected chi connectivity index (χ1v) is 6.17. The molecule has 0 bridgehead atoms. The van der Waals surface area contributed by atoms with Crippen molar-refractivity contribution < 1.29 is 9.90 Å². The van der Waals surface area contributed by atoms with Gasteiger partial charge in [-0.15, -0.1) is 0 Å². The molecule has 2 rings (SSSR count). The highest BCUT2D eigenvalue weighted by Crippen LogP contribution is 2.27. The van der Waals surface area contributed by atoms with Gasteiger partial charge in [-0.3, -0.25) is 19.1 Å². The number of carbonyl (C=O) groups excluding carboxylic acids is 1. The second-order valence-electron chi connectivity index (χ2n) is 5.09. The lowest BCUT2D eigenvalue weighted by Crippen LogP contribution is -2.37. The van der Waals surface area contributed by atoms with Gasteiger partial charge in [0.15, 0.2) is 0 Å². The zero-order valence-electron chi connectivity index (χ0n) is 11.1. The lowest BCUT2D eigenvalue weighted by molar-refractivity contribution is -0.129. The Hall–Kier alpha value is -2.05. The van der Waals surface area contributed by atoms with Crippen molar-refractivity contribution in [2.45, 2.75) is 32.2 Å². The Morgan fingerprint density at radius 1 is 1.32 bits per heavy atom. The van der Waals surface area contributed by atoms with E-state index in [2.05, 4.69) is 4.98 Å². The molecule has 0 aliphatic carbocycles. The fraction of sp³-hybridized carbons (Fsp3) is 0.583. The van der Waals surface area contributed by atoms with Crippen LogP contribution in [0.2, 0.25) is 0 Å². The molecule has 1 saturated heterocycles. The van der Waals surface area contributed by atoms with E-state index in [1.165, 1.54) is 4.90 Å². The second-order valence-corrected chi connectivity index (χ2v) is 5.09. The van der Waals surface area contributed by atoms with Crippen molar-refractivity contribution in [3.05, 3.63) is 26.4 Å². The van der Waals surface area contributed by atoms with E-state index in [-0.39, 0.29) is 17.4 Å². The van der Waals surface area contributed by atoms with Crippen molar-refractivity contribution in [2.24, 2.45) is 0 Å². The van der Waals surface area contributed by atoms with Crippen molar-refractivity contribution in [1.29, 1.82) is 0 Å². The molecule has 1 aromatic rings. The first-order valence-electron chi connectivity index (χ1n) is 6.17. The molecule has 0 radical (unpaired) electrons. The minimum absolute atomic E-state index is 0.127. The predicted octanol–water partition coefficient (Wildman–Crippen LogP) is -0.231. The molecule has 0 spiro atoms. The molecule has 7 nitrogen and oxygen atoms in total. The molecule has 0 saturated carbocycles. The van der Waals surface area contributed by atoms with Gasteiger partial charge in [0.05, 0.1) is 5.56 Å². The summed E-state index contributed by atoms with van der Waals surface area (Å²) in [5.74, 6) is -0.888. The van der Waals surface area contributed by atoms with E-state index >= 15 is 0 Å². The Labute approximate surface area is 109 Å². The molecule has 1 aliphatic rings. The van der Waals surface area contributed by atoms with Gasteiger partial charge in [-0.1, -0.05) is 13.8 Å². The van der Waals surface area contributed by atoms with Crippen LogP contribution in [0.1, 0.15) is 37.8 Å². The Morgan fingerprint density at radius 3 is 2.42 bits per heavy atom. The number of aromatic hydroxyl groups is 1. The molecule has 104 valence electrons. The Morgan fingerprint density at radius 2 is 1.95 bits per heavy atom. The number of rotatable bonds is 2. The number of nitrogens with one attached hydrogen (secondary N) is 1. The number of likely N-dealkylation sites (N-methyl/N-ethyl adjacent to an activating group) is 1. The third-order valence-electron chi connectivity index (χ3n) is 3.44. The van der Waals surface area contributed by atoms with Crippen molar-refractivity contribution >= 4 is 5.91 Å². The van der Waals surface area contributed by atoms with Crippen LogP contribution in [0.5, 0.6) is 5.88 Å². The topological polar surface area (TPSA) is 95.4 Å². The molecule has 1 unspecified atom stereocenters. The van der Waals surface area contributed by atoms with Gasteiger partial charge in [0, 0.05) is 13.6 Å². The van der Waals surface area contributed by atoms with Crippen molar-refractivity contribution in [3.8, 4) is 5.88 Å². The quantitative estimate of drug-likeness (QED) is 0.773. The molecule has 0 aromatic carbocycles. The van der Waals surface area contributed by atoms with Crippen LogP contribution in [0.3, 0.4) is 0 Å². The van der Waals surface area contributed by atoms with Crippen LogP contribution in [0, 0.1) is 0 Å². The minimum Gasteiger partial charge on any atom is -0.494 e. The van der Waals surface area contributed by atoms with E-state index in [0.29, 0.717) is 13.0 Å². The van der Waals surface area contributed by atoms with E-state index in [1.54, 1.807) is 20.9 Å². The summed E-state index contributed by atoms with van der Waals surface area (Å²) in [6, 6.07) is -0.744. The normalized spacial score (nSPS) is 19.5. The summed E-state index contributed by atoms with van der Waals surface area (Å²) in [4.78, 5) is 39.1. The molecule has 1 atom stereocenters. The number of H-pyrrole nitrogens is 1. The zero-order chi connectivity index (χ0) is 14.3. The lowest BCUT2D eigenvalue weighted by Gasteiger charge is -2.17. The van der Waals surface area contributed by atoms with Gasteiger partial charge in [-0.2, -0.15) is 0 Å². The van der Waals surface area contributed by atoms with Crippen molar-refractivity contribution in [1.82, 2.24) is 14.5 Å². The molecular weight excluding hydrogens is 250 g/mol. The number of carbonyl (C=O) groups is 1. The highest BCUT2D eigenvalue weighted by Gasteiger charge is 2.34. The van der Waals surface area contributed by atoms with Crippen LogP contribution in [-0.2, 0) is 4.79 Å². The third-order valence-corrected chi connectivity index (χ3v) is 3.44. The summed E-state index contributed by atoms with van der Waals surface area (Å²) in [7, 11) is 1.64. The zero-order valence-corrected chi connectivity index (χ0v) is 11.1. The van der Waals surface area contributed by atoms with Crippen LogP contribution < -0.4 is 11.2 Å². The van der Waals surface area contributed by atoms with Crippen LogP contribution in [-0.4, -0.2) is 39.1 Å². The highest BCUT2D eigenvalue weighted by molar-refractivity contribution is 5.82. The number of aromatic nitrogens is 2. The Bertz CT molecular complexity index is 629. The lowest BCUT2D eigenvalue weighted by atomic mass is 10.1. The van der Waals surface area contributed by atoms with Crippen LogP contribution in [0.25, 0.3) is 0 Å². The smallest absolute Gasteiger partial charge is 0.331 e. The molecule has 19 heavy (non-hydrogen) atoms. The van der Waals surface area contributed by atoms with Crippen LogP contribution in [0.4, 0.5) is 0 Å². The maximum atomic E-state index is 11.9. The molecule has 1 aromatic heterocycles. The second kappa shape index (κ2) is 4.56. The largest absolute Gasteiger partial charge is 0.494 e. The number of amides is 1. The number of nitrogens with zero attached hydrogens (tertiary/aromatic N) is 2. The number of aromatic amines is 1. The molecular formula is C12H17N3O4. The number of hydrogen-bond acceptors (Lipinski definition) is 4. The summed E-state index contributed by atoms with van der Waals surface area (Å²) in [6.07, 6.45) is 0.437. The van der Waals surface area contributed by atoms with E-state index in [4.69, 9.17) is 0 Å². The summed E-state index contributed by atoms with van der Waals surface area (Å²) in [6.45, 7) is 3.99. The van der Waals surface area contributed by atoms with Crippen molar-refractivity contribution in [3.63, 3.8) is 0 Å². The maximum absolute atomic E-state index is 11.9. The van der Waals surface area contributed by atoms with Gasteiger partial charge < -0.3 is 10.0 Å². The summed E-state index contributed by atoms with van der Waals surface area (Å²) < 4.78 is 0.989. The molecule has 1 aliphatic heterocycles. The molecule has 7 heteroatoms. The van der Waals surface area contributed by atoms with E-state index < -0.39 is 23.2 Å². The summed E-state index contributed by atoms with van der Waals surface area (Å²) >= 11 is 0. The summed E-state index contributed by atoms with van der Waals surface area (Å²) in [5.41, 5.74) is -1.23. The van der Waals surface area contributed by atoms with Gasteiger partial charge in [0.1, 0.15) is 6.04 Å². The van der Waals surface area contributed by atoms with Gasteiger partial charge in [-0.25, -0.2) is 4.79 Å². The first kappa shape index (κ1) is 13.4. The average molecular weight is 267 g/mol. The van der Waals surface area contributed by atoms with E-state index in [0.717, 1.165) is 4.57 Å². The van der Waals surface area contributed by atoms with Gasteiger partial charge >= 0.3 is 5.69 Å². The maximum Gasteiger partial charge on any atom is 0.331 e. The minimum atomic E-state index is -0.749. The fourth-order valence-corrected chi connectivity index (χ4v) is 2.41. The number of likely N-dealkylation sites (tertiary alicyclic amines) is 1. The first-order chi connectivity index (χ1) is 8.84. The molecule has 2 heterocycles. The van der Waals surface area contributed by atoms with Crippen LogP contribution >= 0.6 is 0 Å². The van der Waals surface area contributed by atoms with Crippen molar-refractivity contribution in [2.75, 3.05) is 13.6 Å². The highest BCUT2D eigenvalue weighted by atomic mass is 16.3. The molecule has 1 fully saturated rings. The van der Waals surface area contributed by atoms with Gasteiger partial charge in [-0.05, 0) is 12.3 Å².